The molecule has 0 bridgehead atoms. The molecule has 5 heteroatoms. The van der Waals surface area contributed by atoms with Crippen LogP contribution in [0.5, 0.6) is 0 Å². The van der Waals surface area contributed by atoms with Crippen LogP contribution < -0.4 is 5.32 Å². The van der Waals surface area contributed by atoms with Crippen molar-refractivity contribution < 1.29 is 0 Å². The lowest BCUT2D eigenvalue weighted by Gasteiger charge is -2.43. The number of aromatic nitrogens is 3. The van der Waals surface area contributed by atoms with E-state index in [1.165, 1.54) is 0 Å². The molecule has 0 aliphatic carbocycles. The van der Waals surface area contributed by atoms with Crippen molar-refractivity contribution in [3.05, 3.63) is 11.9 Å². The molecular formula is C14H29N5. The Hall–Kier alpha value is -0.940. The van der Waals surface area contributed by atoms with Crippen molar-refractivity contribution in [1.29, 1.82) is 0 Å². The Balaban J connectivity index is 3.05. The lowest BCUT2D eigenvalue weighted by Crippen LogP contribution is -2.53. The van der Waals surface area contributed by atoms with Crippen LogP contribution in [0.1, 0.15) is 52.8 Å². The van der Waals surface area contributed by atoms with E-state index in [-0.39, 0.29) is 11.6 Å². The molecule has 0 saturated carbocycles. The lowest BCUT2D eigenvalue weighted by atomic mass is 9.89. The molecule has 19 heavy (non-hydrogen) atoms. The van der Waals surface area contributed by atoms with Gasteiger partial charge in [-0.25, -0.2) is 0 Å². The second-order valence-electron chi connectivity index (χ2n) is 5.50. The summed E-state index contributed by atoms with van der Waals surface area (Å²) in [6.45, 7) is 14.3. The molecule has 1 aromatic rings. The normalized spacial score (nSPS) is 14.1. The van der Waals surface area contributed by atoms with Crippen LogP contribution in [0.3, 0.4) is 0 Å². The second kappa shape index (κ2) is 7.01. The summed E-state index contributed by atoms with van der Waals surface area (Å²) >= 11 is 0. The maximum Gasteiger partial charge on any atom is 0.0771 e. The first-order valence-corrected chi connectivity index (χ1v) is 7.31. The van der Waals surface area contributed by atoms with Crippen LogP contribution >= 0.6 is 0 Å². The van der Waals surface area contributed by atoms with Gasteiger partial charge in [0.2, 0.25) is 0 Å². The van der Waals surface area contributed by atoms with Crippen molar-refractivity contribution >= 4 is 0 Å². The van der Waals surface area contributed by atoms with Crippen LogP contribution in [0.2, 0.25) is 0 Å². The van der Waals surface area contributed by atoms with Gasteiger partial charge in [-0.2, -0.15) is 0 Å². The molecule has 1 aromatic heterocycles. The van der Waals surface area contributed by atoms with Gasteiger partial charge in [0.05, 0.1) is 17.9 Å². The summed E-state index contributed by atoms with van der Waals surface area (Å²) < 4.78 is 1.87. The van der Waals surface area contributed by atoms with Crippen LogP contribution in [0.15, 0.2) is 6.20 Å². The third-order valence-corrected chi connectivity index (χ3v) is 3.93. The number of likely N-dealkylation sites (N-methyl/N-ethyl adjacent to an activating group) is 1. The highest BCUT2D eigenvalue weighted by Gasteiger charge is 2.36. The first-order chi connectivity index (χ1) is 8.98. The average Bonchev–Trinajstić information content (AvgIpc) is 2.77. The van der Waals surface area contributed by atoms with Gasteiger partial charge in [-0.05, 0) is 39.9 Å². The highest BCUT2D eigenvalue weighted by molar-refractivity contribution is 5.10. The molecule has 0 amide bonds. The lowest BCUT2D eigenvalue weighted by molar-refractivity contribution is 0.0879. The zero-order valence-corrected chi connectivity index (χ0v) is 13.3. The zero-order valence-electron chi connectivity index (χ0n) is 13.3. The second-order valence-corrected chi connectivity index (χ2v) is 5.50. The fourth-order valence-corrected chi connectivity index (χ4v) is 2.79. The van der Waals surface area contributed by atoms with E-state index in [0.717, 1.165) is 31.7 Å². The van der Waals surface area contributed by atoms with Crippen molar-refractivity contribution in [2.75, 3.05) is 19.6 Å². The first kappa shape index (κ1) is 16.1. The number of rotatable bonds is 8. The van der Waals surface area contributed by atoms with Gasteiger partial charge >= 0.3 is 0 Å². The number of hydrogen-bond donors (Lipinski definition) is 1. The molecule has 0 aliphatic heterocycles. The molecule has 1 rings (SSSR count). The molecular weight excluding hydrogens is 238 g/mol. The summed E-state index contributed by atoms with van der Waals surface area (Å²) in [6, 6.07) is 0.229. The fraction of sp³-hybridized carbons (Fsp3) is 0.857. The van der Waals surface area contributed by atoms with Crippen LogP contribution in [-0.4, -0.2) is 45.1 Å². The van der Waals surface area contributed by atoms with Gasteiger partial charge < -0.3 is 5.32 Å². The van der Waals surface area contributed by atoms with Crippen molar-refractivity contribution in [3.63, 3.8) is 0 Å². The van der Waals surface area contributed by atoms with Crippen LogP contribution in [0.25, 0.3) is 0 Å². The van der Waals surface area contributed by atoms with Crippen LogP contribution in [0, 0.1) is 0 Å². The highest BCUT2D eigenvalue weighted by atomic mass is 15.4. The molecule has 0 saturated heterocycles. The summed E-state index contributed by atoms with van der Waals surface area (Å²) in [7, 11) is 1.96. The standard InChI is InChI=1S/C14H29N5/c1-7-10-15-13(12-11-16-17-18(12)6)14(4,5)19(8-2)9-3/h11,13,15H,7-10H2,1-6H3. The number of aryl methyl sites for hydroxylation is 1. The molecule has 0 radical (unpaired) electrons. The molecule has 0 aliphatic rings. The molecule has 1 unspecified atom stereocenters. The van der Waals surface area contributed by atoms with Crippen molar-refractivity contribution in [2.24, 2.45) is 7.05 Å². The van der Waals surface area contributed by atoms with Crippen LogP contribution in [0.4, 0.5) is 0 Å². The zero-order chi connectivity index (χ0) is 14.5. The summed E-state index contributed by atoms with van der Waals surface area (Å²) in [4.78, 5) is 2.48. The molecule has 1 atom stereocenters. The van der Waals surface area contributed by atoms with E-state index >= 15 is 0 Å². The third kappa shape index (κ3) is 3.54. The molecule has 1 N–H and O–H groups in total. The Morgan fingerprint density at radius 3 is 2.37 bits per heavy atom. The van der Waals surface area contributed by atoms with Gasteiger partial charge in [-0.1, -0.05) is 26.0 Å². The maximum atomic E-state index is 4.08. The predicted octanol–water partition coefficient (Wildman–Crippen LogP) is 1.98. The number of hydrogen-bond acceptors (Lipinski definition) is 4. The van der Waals surface area contributed by atoms with Gasteiger partial charge in [0, 0.05) is 12.6 Å². The summed E-state index contributed by atoms with van der Waals surface area (Å²) in [5.41, 5.74) is 1.17. The molecule has 0 fully saturated rings. The predicted molar refractivity (Wildman–Crippen MR) is 79.0 cm³/mol. The highest BCUT2D eigenvalue weighted by Crippen LogP contribution is 2.30. The SMILES string of the molecule is CCCNC(c1cnnn1C)C(C)(C)N(CC)CC. The summed E-state index contributed by atoms with van der Waals surface area (Å²) in [5, 5.41) is 11.8. The monoisotopic (exact) mass is 267 g/mol. The molecule has 110 valence electrons. The molecule has 1 heterocycles. The minimum atomic E-state index is 0.0220. The van der Waals surface area contributed by atoms with Crippen molar-refractivity contribution in [3.8, 4) is 0 Å². The Labute approximate surface area is 117 Å². The van der Waals surface area contributed by atoms with E-state index in [1.54, 1.807) is 0 Å². The minimum absolute atomic E-state index is 0.0220. The van der Waals surface area contributed by atoms with Gasteiger partial charge in [-0.15, -0.1) is 5.10 Å². The maximum absolute atomic E-state index is 4.08. The van der Waals surface area contributed by atoms with Crippen molar-refractivity contribution in [2.45, 2.75) is 52.6 Å². The topological polar surface area (TPSA) is 46.0 Å². The van der Waals surface area contributed by atoms with Crippen molar-refractivity contribution in [1.82, 2.24) is 25.2 Å². The third-order valence-electron chi connectivity index (χ3n) is 3.93. The van der Waals surface area contributed by atoms with Gasteiger partial charge in [0.15, 0.2) is 0 Å². The van der Waals surface area contributed by atoms with Gasteiger partial charge in [-0.3, -0.25) is 9.58 Å². The van der Waals surface area contributed by atoms with Crippen LogP contribution in [-0.2, 0) is 7.05 Å². The quantitative estimate of drug-likeness (QED) is 0.782. The number of nitrogens with one attached hydrogen (secondary N) is 1. The van der Waals surface area contributed by atoms with E-state index in [1.807, 2.05) is 17.9 Å². The first-order valence-electron chi connectivity index (χ1n) is 7.31. The largest absolute Gasteiger partial charge is 0.307 e. The molecule has 0 aromatic carbocycles. The Morgan fingerprint density at radius 2 is 1.95 bits per heavy atom. The molecule has 5 nitrogen and oxygen atoms in total. The van der Waals surface area contributed by atoms with E-state index in [4.69, 9.17) is 0 Å². The summed E-state index contributed by atoms with van der Waals surface area (Å²) in [5.74, 6) is 0. The summed E-state index contributed by atoms with van der Waals surface area (Å²) in [6.07, 6.45) is 2.99. The van der Waals surface area contributed by atoms with Gasteiger partial charge in [0.1, 0.15) is 0 Å². The number of nitrogens with zero attached hydrogens (tertiary/aromatic N) is 4. The van der Waals surface area contributed by atoms with E-state index in [9.17, 15) is 0 Å². The molecule has 0 spiro atoms. The smallest absolute Gasteiger partial charge is 0.0771 e. The van der Waals surface area contributed by atoms with E-state index in [2.05, 4.69) is 55.1 Å². The Kier molecular flexibility index (Phi) is 5.94. The van der Waals surface area contributed by atoms with E-state index < -0.39 is 0 Å². The minimum Gasteiger partial charge on any atom is -0.307 e. The average molecular weight is 267 g/mol. The Bertz CT molecular complexity index is 368. The Morgan fingerprint density at radius 1 is 1.32 bits per heavy atom. The van der Waals surface area contributed by atoms with Gasteiger partial charge in [0.25, 0.3) is 0 Å². The van der Waals surface area contributed by atoms with E-state index in [0.29, 0.717) is 0 Å². The fourth-order valence-electron chi connectivity index (χ4n) is 2.79.